The molecule has 31 heavy (non-hydrogen) atoms. The monoisotopic (exact) mass is 420 g/mol. The van der Waals surface area contributed by atoms with Gasteiger partial charge in [-0.3, -0.25) is 14.5 Å². The van der Waals surface area contributed by atoms with Gasteiger partial charge in [-0.1, -0.05) is 35.5 Å². The lowest BCUT2D eigenvalue weighted by Gasteiger charge is -2.22. The van der Waals surface area contributed by atoms with E-state index in [0.29, 0.717) is 28.4 Å². The Morgan fingerprint density at radius 1 is 1.03 bits per heavy atom. The predicted octanol–water partition coefficient (Wildman–Crippen LogP) is 3.63. The van der Waals surface area contributed by atoms with Gasteiger partial charge in [0.05, 0.1) is 25.8 Å². The molecule has 1 amide bonds. The van der Waals surface area contributed by atoms with Crippen LogP contribution < -0.4 is 14.4 Å². The molecule has 0 radical (unpaired) electrons. The molecule has 1 aliphatic heterocycles. The summed E-state index contributed by atoms with van der Waals surface area (Å²) < 4.78 is 15.6. The van der Waals surface area contributed by atoms with E-state index in [1.165, 1.54) is 19.1 Å². The summed E-state index contributed by atoms with van der Waals surface area (Å²) in [5, 5.41) is 15.0. The second kappa shape index (κ2) is 7.98. The first kappa shape index (κ1) is 20.2. The van der Waals surface area contributed by atoms with Crippen molar-refractivity contribution in [3.05, 3.63) is 77.1 Å². The zero-order valence-electron chi connectivity index (χ0n) is 17.2. The molecule has 1 N–H and O–H groups in total. The lowest BCUT2D eigenvalue weighted by molar-refractivity contribution is -0.132. The van der Waals surface area contributed by atoms with Crippen LogP contribution >= 0.6 is 0 Å². The van der Waals surface area contributed by atoms with Crippen molar-refractivity contribution in [2.45, 2.75) is 13.0 Å². The number of rotatable bonds is 5. The van der Waals surface area contributed by atoms with Gasteiger partial charge in [-0.15, -0.1) is 0 Å². The molecule has 1 atom stereocenters. The second-order valence-electron chi connectivity index (χ2n) is 6.95. The number of aryl methyl sites for hydroxylation is 1. The Morgan fingerprint density at radius 3 is 2.35 bits per heavy atom. The van der Waals surface area contributed by atoms with Gasteiger partial charge in [0.15, 0.2) is 17.3 Å². The predicted molar refractivity (Wildman–Crippen MR) is 112 cm³/mol. The number of ketones is 1. The number of anilines is 1. The summed E-state index contributed by atoms with van der Waals surface area (Å²) in [4.78, 5) is 27.3. The second-order valence-corrected chi connectivity index (χ2v) is 6.95. The van der Waals surface area contributed by atoms with Gasteiger partial charge in [0, 0.05) is 11.6 Å². The normalized spacial score (nSPS) is 17.8. The van der Waals surface area contributed by atoms with E-state index in [9.17, 15) is 14.7 Å². The Bertz CT molecular complexity index is 1180. The van der Waals surface area contributed by atoms with Crippen LogP contribution in [0.1, 0.15) is 22.9 Å². The highest BCUT2D eigenvalue weighted by molar-refractivity contribution is 6.51. The van der Waals surface area contributed by atoms with Gasteiger partial charge in [0.1, 0.15) is 11.5 Å². The van der Waals surface area contributed by atoms with Crippen molar-refractivity contribution in [2.24, 2.45) is 0 Å². The minimum Gasteiger partial charge on any atom is -0.507 e. The number of aromatic nitrogens is 1. The molecule has 0 spiro atoms. The van der Waals surface area contributed by atoms with E-state index >= 15 is 0 Å². The smallest absolute Gasteiger partial charge is 0.301 e. The van der Waals surface area contributed by atoms with Gasteiger partial charge in [-0.05, 0) is 30.7 Å². The number of ether oxygens (including phenoxy) is 2. The third-order valence-corrected chi connectivity index (χ3v) is 5.08. The topological polar surface area (TPSA) is 102 Å². The maximum atomic E-state index is 13.0. The average molecular weight is 420 g/mol. The highest BCUT2D eigenvalue weighted by atomic mass is 16.5. The Hall–Kier alpha value is -4.07. The van der Waals surface area contributed by atoms with Crippen LogP contribution in [0.5, 0.6) is 11.5 Å². The fraction of sp³-hybridized carbons (Fsp3) is 0.174. The molecule has 1 aliphatic rings. The molecule has 158 valence electrons. The van der Waals surface area contributed by atoms with Gasteiger partial charge in [-0.2, -0.15) is 0 Å². The number of Topliss-reactive ketones (excluding diaryl/α,β-unsaturated/α-hetero) is 1. The zero-order valence-corrected chi connectivity index (χ0v) is 17.2. The third kappa shape index (κ3) is 3.42. The molecule has 8 heteroatoms. The van der Waals surface area contributed by atoms with E-state index in [2.05, 4.69) is 5.16 Å². The molecule has 1 fully saturated rings. The van der Waals surface area contributed by atoms with Crippen LogP contribution in [0.15, 0.2) is 64.7 Å². The van der Waals surface area contributed by atoms with Crippen LogP contribution in [0.25, 0.3) is 5.76 Å². The summed E-state index contributed by atoms with van der Waals surface area (Å²) in [5.41, 5.74) is 0.904. The van der Waals surface area contributed by atoms with Gasteiger partial charge < -0.3 is 19.1 Å². The zero-order chi connectivity index (χ0) is 22.1. The summed E-state index contributed by atoms with van der Waals surface area (Å²) in [6.07, 6.45) is 0. The molecule has 3 aromatic rings. The van der Waals surface area contributed by atoms with E-state index in [1.54, 1.807) is 55.5 Å². The van der Waals surface area contributed by atoms with Crippen molar-refractivity contribution in [3.8, 4) is 11.5 Å². The molecule has 0 unspecified atom stereocenters. The van der Waals surface area contributed by atoms with Gasteiger partial charge in [0.2, 0.25) is 0 Å². The molecular formula is C23H20N2O6. The van der Waals surface area contributed by atoms with Crippen molar-refractivity contribution in [2.75, 3.05) is 19.1 Å². The number of aliphatic hydroxyl groups excluding tert-OH is 1. The molecule has 2 aromatic carbocycles. The molecule has 1 aromatic heterocycles. The van der Waals surface area contributed by atoms with Crippen LogP contribution in [-0.4, -0.2) is 36.2 Å². The minimum absolute atomic E-state index is 0.0518. The summed E-state index contributed by atoms with van der Waals surface area (Å²) in [5.74, 6) is -0.411. The highest BCUT2D eigenvalue weighted by Crippen LogP contribution is 2.42. The maximum Gasteiger partial charge on any atom is 0.301 e. The van der Waals surface area contributed by atoms with Crippen LogP contribution in [0.2, 0.25) is 0 Å². The van der Waals surface area contributed by atoms with E-state index in [0.717, 1.165) is 0 Å². The Labute approximate surface area is 178 Å². The molecular weight excluding hydrogens is 400 g/mol. The number of benzene rings is 2. The third-order valence-electron chi connectivity index (χ3n) is 5.08. The summed E-state index contributed by atoms with van der Waals surface area (Å²) >= 11 is 0. The summed E-state index contributed by atoms with van der Waals surface area (Å²) in [6.45, 7) is 1.69. The first-order chi connectivity index (χ1) is 15.0. The van der Waals surface area contributed by atoms with E-state index in [-0.39, 0.29) is 17.2 Å². The fourth-order valence-corrected chi connectivity index (χ4v) is 3.63. The van der Waals surface area contributed by atoms with Gasteiger partial charge >= 0.3 is 5.91 Å². The quantitative estimate of drug-likeness (QED) is 0.382. The number of aliphatic hydroxyl groups is 1. The maximum absolute atomic E-state index is 13.0. The number of nitrogens with zero attached hydrogens (tertiary/aromatic N) is 2. The Morgan fingerprint density at radius 2 is 1.74 bits per heavy atom. The molecule has 0 saturated carbocycles. The SMILES string of the molecule is COc1ccc(/C(O)=C2\C(=O)C(=O)N(c3cc(C)on3)[C@@H]2c2ccccc2)cc1OC. The van der Waals surface area contributed by atoms with Crippen molar-refractivity contribution in [3.63, 3.8) is 0 Å². The summed E-state index contributed by atoms with van der Waals surface area (Å²) in [6, 6.07) is 14.4. The van der Waals surface area contributed by atoms with Gasteiger partial charge in [-0.25, -0.2) is 0 Å². The Balaban J connectivity index is 1.92. The fourth-order valence-electron chi connectivity index (χ4n) is 3.63. The lowest BCUT2D eigenvalue weighted by atomic mass is 9.95. The molecule has 2 heterocycles. The van der Waals surface area contributed by atoms with Crippen LogP contribution in [0.3, 0.4) is 0 Å². The largest absolute Gasteiger partial charge is 0.507 e. The van der Waals surface area contributed by atoms with Crippen LogP contribution in [0, 0.1) is 6.92 Å². The first-order valence-corrected chi connectivity index (χ1v) is 9.48. The number of carbonyl (C=O) groups is 2. The van der Waals surface area contributed by atoms with E-state index < -0.39 is 17.7 Å². The molecule has 1 saturated heterocycles. The Kier molecular flexibility index (Phi) is 5.21. The minimum atomic E-state index is -0.876. The van der Waals surface area contributed by atoms with Crippen LogP contribution in [-0.2, 0) is 9.59 Å². The number of carbonyl (C=O) groups excluding carboxylic acids is 2. The van der Waals surface area contributed by atoms with E-state index in [4.69, 9.17) is 14.0 Å². The van der Waals surface area contributed by atoms with Crippen molar-refractivity contribution >= 4 is 23.3 Å². The highest BCUT2D eigenvalue weighted by Gasteiger charge is 2.48. The van der Waals surface area contributed by atoms with Crippen molar-refractivity contribution in [1.82, 2.24) is 5.16 Å². The number of hydrogen-bond donors (Lipinski definition) is 1. The average Bonchev–Trinajstić information content (AvgIpc) is 3.34. The number of hydrogen-bond acceptors (Lipinski definition) is 7. The number of methoxy groups -OCH3 is 2. The lowest BCUT2D eigenvalue weighted by Crippen LogP contribution is -2.29. The molecule has 0 bridgehead atoms. The van der Waals surface area contributed by atoms with Gasteiger partial charge in [0.25, 0.3) is 5.78 Å². The molecule has 0 aliphatic carbocycles. The van der Waals surface area contributed by atoms with Crippen molar-refractivity contribution < 1.29 is 28.7 Å². The van der Waals surface area contributed by atoms with Crippen LogP contribution in [0.4, 0.5) is 5.82 Å². The van der Waals surface area contributed by atoms with Crippen molar-refractivity contribution in [1.29, 1.82) is 0 Å². The van der Waals surface area contributed by atoms with E-state index in [1.807, 2.05) is 6.07 Å². The standard InChI is InChI=1S/C23H20N2O6/c1-13-11-18(24-31-13)25-20(14-7-5-4-6-8-14)19(22(27)23(25)28)21(26)15-9-10-16(29-2)17(12-15)30-3/h4-12,20,26H,1-3H3/b21-19+/t20-/m1/s1. The number of amides is 1. The molecule has 8 nitrogen and oxygen atoms in total. The first-order valence-electron chi connectivity index (χ1n) is 9.48. The molecule has 4 rings (SSSR count). The summed E-state index contributed by atoms with van der Waals surface area (Å²) in [7, 11) is 2.97.